The fourth-order valence-corrected chi connectivity index (χ4v) is 9.25. The molecule has 3 N–H and O–H groups in total. The van der Waals surface area contributed by atoms with Gasteiger partial charge in [0.1, 0.15) is 31.3 Å². The van der Waals surface area contributed by atoms with Crippen molar-refractivity contribution < 1.29 is 43.5 Å². The molecule has 15 nitrogen and oxygen atoms in total. The maximum absolute atomic E-state index is 13.9. The van der Waals surface area contributed by atoms with E-state index in [1.54, 1.807) is 6.07 Å². The van der Waals surface area contributed by atoms with Gasteiger partial charge in [0, 0.05) is 81.0 Å². The van der Waals surface area contributed by atoms with Crippen molar-refractivity contribution in [3.63, 3.8) is 0 Å². The van der Waals surface area contributed by atoms with E-state index >= 15 is 0 Å². The van der Waals surface area contributed by atoms with Gasteiger partial charge in [-0.2, -0.15) is 0 Å². The average Bonchev–Trinajstić information content (AvgIpc) is 3.84. The average molecular weight is 909 g/mol. The molecule has 9 rings (SSSR count). The SMILES string of the molecule is COOCCOCCN(CCCC(=O)NCCCO)c1cc(COc2ccc3c(c2)N=C[C@@H]2Cc4ccccc4N2C3=O)cc(COc2ccc3c(c2)NC[C@@H]2Cc4ccccc4N2C3=O)c1. The zero-order valence-electron chi connectivity index (χ0n) is 37.7. The first-order valence-corrected chi connectivity index (χ1v) is 23.0. The molecule has 2 atom stereocenters. The zero-order valence-corrected chi connectivity index (χ0v) is 37.7. The highest BCUT2D eigenvalue weighted by Gasteiger charge is 2.38. The lowest BCUT2D eigenvalue weighted by Gasteiger charge is -2.26. The van der Waals surface area contributed by atoms with Crippen LogP contribution in [0.3, 0.4) is 0 Å². The highest BCUT2D eigenvalue weighted by molar-refractivity contribution is 6.14. The summed E-state index contributed by atoms with van der Waals surface area (Å²) in [4.78, 5) is 60.8. The van der Waals surface area contributed by atoms with Crippen molar-refractivity contribution in [2.75, 3.05) is 79.7 Å². The van der Waals surface area contributed by atoms with E-state index in [2.05, 4.69) is 39.8 Å². The molecular formula is C52H56N6O9. The van der Waals surface area contributed by atoms with Crippen LogP contribution < -0.4 is 34.8 Å². The number of aliphatic imine (C=N–C) groups is 1. The number of para-hydroxylation sites is 2. The molecular weight excluding hydrogens is 853 g/mol. The number of anilines is 4. The van der Waals surface area contributed by atoms with Crippen molar-refractivity contribution in [1.82, 2.24) is 5.32 Å². The minimum Gasteiger partial charge on any atom is -0.489 e. The number of ether oxygens (including phenoxy) is 3. The number of carbonyl (C=O) groups excluding carboxylic acids is 3. The van der Waals surface area contributed by atoms with Crippen LogP contribution in [0.5, 0.6) is 11.5 Å². The Morgan fingerprint density at radius 1 is 0.791 bits per heavy atom. The summed E-state index contributed by atoms with van der Waals surface area (Å²) in [5, 5.41) is 15.6. The van der Waals surface area contributed by atoms with Crippen LogP contribution in [0.1, 0.15) is 62.2 Å². The Hall–Kier alpha value is -6.78. The molecule has 348 valence electrons. The standard InChI is InChI=1S/C52H56N6O9/c1-63-67-23-22-64-21-19-56(18-6-12-50(60)53-17-7-20-59)39-25-35(33-65-42-13-15-44-46(29-42)54-31-40-27-37-8-2-4-10-48(37)57(40)51(44)61)24-36(26-39)34-66-43-14-16-45-47(30-43)55-32-41-28-38-9-3-5-11-49(38)58(41)52(45)62/h2-5,8-11,13-16,24-26,29-31,40-41,55,59H,6-7,12,17-23,27-28,32-34H2,1H3,(H,53,60)/t40-,41-/m0/s1. The molecule has 4 heterocycles. The van der Waals surface area contributed by atoms with Gasteiger partial charge in [-0.1, -0.05) is 36.4 Å². The Labute approximate surface area is 390 Å². The number of hydrogen-bond acceptors (Lipinski definition) is 12. The highest BCUT2D eigenvalue weighted by Crippen LogP contribution is 2.39. The summed E-state index contributed by atoms with van der Waals surface area (Å²) in [6, 6.07) is 33.1. The summed E-state index contributed by atoms with van der Waals surface area (Å²) in [6.07, 6.45) is 4.76. The fourth-order valence-electron chi connectivity index (χ4n) is 9.25. The number of hydrogen-bond donors (Lipinski definition) is 3. The first kappa shape index (κ1) is 45.4. The maximum atomic E-state index is 13.9. The van der Waals surface area contributed by atoms with Crippen LogP contribution in [0, 0.1) is 0 Å². The fraction of sp³-hybridized carbons (Fsp3) is 0.346. The smallest absolute Gasteiger partial charge is 0.261 e. The van der Waals surface area contributed by atoms with Crippen LogP contribution in [-0.4, -0.2) is 101 Å². The van der Waals surface area contributed by atoms with Crippen molar-refractivity contribution in [2.24, 2.45) is 4.99 Å². The molecule has 5 aromatic carbocycles. The normalized spacial score (nSPS) is 16.4. The largest absolute Gasteiger partial charge is 0.489 e. The lowest BCUT2D eigenvalue weighted by Crippen LogP contribution is -2.39. The summed E-state index contributed by atoms with van der Waals surface area (Å²) in [7, 11) is 1.45. The Morgan fingerprint density at radius 3 is 2.25 bits per heavy atom. The van der Waals surface area contributed by atoms with Gasteiger partial charge < -0.3 is 39.8 Å². The number of aliphatic hydroxyl groups is 1. The summed E-state index contributed by atoms with van der Waals surface area (Å²) in [5.74, 6) is 0.991. The molecule has 0 bridgehead atoms. The first-order valence-electron chi connectivity index (χ1n) is 23.0. The maximum Gasteiger partial charge on any atom is 0.261 e. The Bertz CT molecular complexity index is 2620. The summed E-state index contributed by atoms with van der Waals surface area (Å²) in [5.41, 5.74) is 9.24. The Morgan fingerprint density at radius 2 is 1.49 bits per heavy atom. The van der Waals surface area contributed by atoms with Gasteiger partial charge in [-0.25, -0.2) is 9.78 Å². The number of rotatable bonds is 21. The lowest BCUT2D eigenvalue weighted by atomic mass is 10.1. The highest BCUT2D eigenvalue weighted by atomic mass is 17.2. The number of aliphatic hydroxyl groups excluding tert-OH is 1. The molecule has 0 radical (unpaired) electrons. The molecule has 0 spiro atoms. The van der Waals surface area contributed by atoms with Gasteiger partial charge in [0.2, 0.25) is 5.91 Å². The minimum atomic E-state index is -0.154. The summed E-state index contributed by atoms with van der Waals surface area (Å²) in [6.45, 7) is 3.59. The van der Waals surface area contributed by atoms with Crippen molar-refractivity contribution in [3.8, 4) is 11.5 Å². The van der Waals surface area contributed by atoms with Crippen molar-refractivity contribution in [1.29, 1.82) is 0 Å². The molecule has 4 aliphatic heterocycles. The van der Waals surface area contributed by atoms with Gasteiger partial charge in [0.05, 0.1) is 54.9 Å². The van der Waals surface area contributed by atoms with Crippen LogP contribution in [0.2, 0.25) is 0 Å². The zero-order chi connectivity index (χ0) is 46.1. The third-order valence-corrected chi connectivity index (χ3v) is 12.5. The molecule has 67 heavy (non-hydrogen) atoms. The van der Waals surface area contributed by atoms with Crippen LogP contribution in [0.4, 0.5) is 28.4 Å². The van der Waals surface area contributed by atoms with Gasteiger partial charge in [-0.3, -0.25) is 24.3 Å². The topological polar surface area (TPSA) is 164 Å². The quantitative estimate of drug-likeness (QED) is 0.0403. The molecule has 5 aromatic rings. The van der Waals surface area contributed by atoms with Gasteiger partial charge in [0.15, 0.2) is 0 Å². The van der Waals surface area contributed by atoms with Crippen LogP contribution in [0.15, 0.2) is 108 Å². The van der Waals surface area contributed by atoms with E-state index < -0.39 is 0 Å². The van der Waals surface area contributed by atoms with E-state index in [9.17, 15) is 14.4 Å². The Balaban J connectivity index is 0.945. The van der Waals surface area contributed by atoms with E-state index in [1.807, 2.05) is 88.8 Å². The molecule has 0 fully saturated rings. The van der Waals surface area contributed by atoms with Gasteiger partial charge in [-0.05, 0) is 96.1 Å². The molecule has 0 saturated carbocycles. The number of fused-ring (bicyclic) bond motifs is 8. The van der Waals surface area contributed by atoms with Gasteiger partial charge in [-0.15, -0.1) is 0 Å². The van der Waals surface area contributed by atoms with Gasteiger partial charge in [0.25, 0.3) is 11.8 Å². The summed E-state index contributed by atoms with van der Waals surface area (Å²) < 4.78 is 18.8. The second kappa shape index (κ2) is 21.2. The molecule has 4 aliphatic rings. The second-order valence-electron chi connectivity index (χ2n) is 17.0. The molecule has 15 heteroatoms. The lowest BCUT2D eigenvalue weighted by molar-refractivity contribution is -0.277. The van der Waals surface area contributed by atoms with E-state index in [-0.39, 0.29) is 56.2 Å². The monoisotopic (exact) mass is 908 g/mol. The van der Waals surface area contributed by atoms with Gasteiger partial charge >= 0.3 is 0 Å². The molecule has 0 saturated heterocycles. The van der Waals surface area contributed by atoms with Crippen molar-refractivity contribution in [2.45, 2.75) is 57.4 Å². The third-order valence-electron chi connectivity index (χ3n) is 12.5. The number of carbonyl (C=O) groups is 3. The number of nitrogens with zero attached hydrogens (tertiary/aromatic N) is 4. The van der Waals surface area contributed by atoms with Crippen molar-refractivity contribution in [3.05, 3.63) is 137 Å². The number of amides is 3. The van der Waals surface area contributed by atoms with Crippen LogP contribution >= 0.6 is 0 Å². The molecule has 0 aliphatic carbocycles. The minimum absolute atomic E-state index is 0.0158. The number of nitrogens with one attached hydrogen (secondary N) is 2. The number of benzene rings is 5. The molecule has 0 aromatic heterocycles. The van der Waals surface area contributed by atoms with Crippen LogP contribution in [0.25, 0.3) is 0 Å². The van der Waals surface area contributed by atoms with Crippen LogP contribution in [-0.2, 0) is 45.4 Å². The Kier molecular flexibility index (Phi) is 14.4. The predicted octanol–water partition coefficient (Wildman–Crippen LogP) is 6.81. The second-order valence-corrected chi connectivity index (χ2v) is 17.0. The predicted molar refractivity (Wildman–Crippen MR) is 256 cm³/mol. The van der Waals surface area contributed by atoms with E-state index in [0.717, 1.165) is 45.9 Å². The molecule has 0 unspecified atom stereocenters. The van der Waals surface area contributed by atoms with E-state index in [0.29, 0.717) is 93.4 Å². The first-order chi connectivity index (χ1) is 32.9. The van der Waals surface area contributed by atoms with E-state index in [1.165, 1.54) is 12.7 Å². The molecule has 3 amide bonds. The summed E-state index contributed by atoms with van der Waals surface area (Å²) >= 11 is 0. The van der Waals surface area contributed by atoms with Crippen molar-refractivity contribution >= 4 is 52.4 Å². The van der Waals surface area contributed by atoms with E-state index in [4.69, 9.17) is 34.1 Å². The third kappa shape index (κ3) is 10.4.